The molecule has 0 saturated heterocycles. The molecule has 0 bridgehead atoms. The molecule has 1 aliphatic heterocycles. The van der Waals surface area contributed by atoms with Crippen LogP contribution in [-0.4, -0.2) is 27.4 Å². The highest BCUT2D eigenvalue weighted by molar-refractivity contribution is 5.08. The van der Waals surface area contributed by atoms with E-state index in [-0.39, 0.29) is 6.61 Å². The second-order valence-corrected chi connectivity index (χ2v) is 3.28. The van der Waals surface area contributed by atoms with Gasteiger partial charge in [-0.25, -0.2) is 9.18 Å². The van der Waals surface area contributed by atoms with Gasteiger partial charge in [-0.1, -0.05) is 0 Å². The number of ether oxygens (including phenoxy) is 1. The number of aliphatic hydroxyl groups is 1. The van der Waals surface area contributed by atoms with Gasteiger partial charge in [0.15, 0.2) is 6.23 Å². The van der Waals surface area contributed by atoms with Crippen molar-refractivity contribution < 1.29 is 14.2 Å². The van der Waals surface area contributed by atoms with Gasteiger partial charge in [0.1, 0.15) is 11.9 Å². The van der Waals surface area contributed by atoms with Gasteiger partial charge in [0.05, 0.1) is 6.61 Å². The van der Waals surface area contributed by atoms with Crippen LogP contribution < -0.4 is 11.2 Å². The molecule has 0 aliphatic carbocycles. The van der Waals surface area contributed by atoms with Gasteiger partial charge in [-0.2, -0.15) is 0 Å². The highest BCUT2D eigenvalue weighted by Crippen LogP contribution is 2.27. The van der Waals surface area contributed by atoms with Crippen LogP contribution in [0.3, 0.4) is 0 Å². The molecule has 0 spiro atoms. The smallest absolute Gasteiger partial charge is 0.330 e. The van der Waals surface area contributed by atoms with E-state index in [4.69, 9.17) is 9.84 Å². The minimum absolute atomic E-state index is 0.373. The Labute approximate surface area is 88.6 Å². The number of aromatic nitrogens is 2. The predicted octanol–water partition coefficient (Wildman–Crippen LogP) is -0.720. The monoisotopic (exact) mass is 228 g/mol. The second kappa shape index (κ2) is 4.03. The van der Waals surface area contributed by atoms with Gasteiger partial charge in [0.25, 0.3) is 5.56 Å². The molecule has 0 saturated carbocycles. The summed E-state index contributed by atoms with van der Waals surface area (Å²) in [5.74, 6) is -0.673. The van der Waals surface area contributed by atoms with Crippen molar-refractivity contribution in [1.29, 1.82) is 0 Å². The molecule has 2 atom stereocenters. The molecule has 86 valence electrons. The van der Waals surface area contributed by atoms with E-state index in [1.807, 2.05) is 4.98 Å². The molecule has 0 unspecified atom stereocenters. The summed E-state index contributed by atoms with van der Waals surface area (Å²) in [5, 5.41) is 8.78. The summed E-state index contributed by atoms with van der Waals surface area (Å²) in [6, 6.07) is 1.09. The first kappa shape index (κ1) is 10.8. The minimum Gasteiger partial charge on any atom is -0.393 e. The van der Waals surface area contributed by atoms with Crippen molar-refractivity contribution in [2.45, 2.75) is 12.3 Å². The zero-order valence-electron chi connectivity index (χ0n) is 8.09. The van der Waals surface area contributed by atoms with E-state index in [9.17, 15) is 14.0 Å². The Balaban J connectivity index is 2.37. The number of nitrogens with one attached hydrogen (secondary N) is 1. The summed E-state index contributed by atoms with van der Waals surface area (Å²) in [7, 11) is 0. The molecule has 0 amide bonds. The summed E-state index contributed by atoms with van der Waals surface area (Å²) in [6.07, 6.45) is 0.228. The molecule has 1 aliphatic rings. The summed E-state index contributed by atoms with van der Waals surface area (Å²) < 4.78 is 19.3. The molecule has 0 aromatic carbocycles. The summed E-state index contributed by atoms with van der Waals surface area (Å²) >= 11 is 0. The third-order valence-corrected chi connectivity index (χ3v) is 2.17. The number of nitrogens with zero attached hydrogens (tertiary/aromatic N) is 1. The summed E-state index contributed by atoms with van der Waals surface area (Å²) in [5.41, 5.74) is -1.33. The first-order valence-electron chi connectivity index (χ1n) is 4.57. The lowest BCUT2D eigenvalue weighted by Crippen LogP contribution is -2.32. The van der Waals surface area contributed by atoms with Crippen LogP contribution in [0.5, 0.6) is 0 Å². The number of hydrogen-bond donors (Lipinski definition) is 2. The minimum atomic E-state index is -1.22. The lowest BCUT2D eigenvalue weighted by molar-refractivity contribution is -0.0214. The van der Waals surface area contributed by atoms with Crippen molar-refractivity contribution in [1.82, 2.24) is 9.55 Å². The lowest BCUT2D eigenvalue weighted by atomic mass is 10.3. The zero-order valence-corrected chi connectivity index (χ0v) is 8.09. The number of H-pyrrole nitrogens is 1. The van der Waals surface area contributed by atoms with E-state index in [0.717, 1.165) is 22.9 Å². The average Bonchev–Trinajstić information content (AvgIpc) is 2.60. The number of aromatic amines is 1. The van der Waals surface area contributed by atoms with Crippen LogP contribution in [0, 0.1) is 0 Å². The largest absolute Gasteiger partial charge is 0.393 e. The number of halogens is 1. The molecule has 2 rings (SSSR count). The molecular weight excluding hydrogens is 219 g/mol. The highest BCUT2D eigenvalue weighted by Gasteiger charge is 2.29. The van der Waals surface area contributed by atoms with Crippen LogP contribution >= 0.6 is 0 Å². The van der Waals surface area contributed by atoms with Crippen molar-refractivity contribution in [3.05, 3.63) is 45.0 Å². The van der Waals surface area contributed by atoms with Gasteiger partial charge in [-0.15, -0.1) is 0 Å². The van der Waals surface area contributed by atoms with Crippen LogP contribution in [0.1, 0.15) is 6.23 Å². The maximum absolute atomic E-state index is 13.4. The molecule has 2 heterocycles. The Morgan fingerprint density at radius 3 is 2.88 bits per heavy atom. The van der Waals surface area contributed by atoms with E-state index >= 15 is 0 Å². The van der Waals surface area contributed by atoms with Crippen molar-refractivity contribution in [3.8, 4) is 0 Å². The number of rotatable bonds is 2. The van der Waals surface area contributed by atoms with Gasteiger partial charge in [-0.3, -0.25) is 14.3 Å². The normalized spacial score (nSPS) is 24.5. The maximum Gasteiger partial charge on any atom is 0.330 e. The molecule has 0 radical (unpaired) electrons. The molecule has 2 N–H and O–H groups in total. The second-order valence-electron chi connectivity index (χ2n) is 3.28. The quantitative estimate of drug-likeness (QED) is 0.699. The fourth-order valence-corrected chi connectivity index (χ4v) is 1.44. The number of aliphatic hydroxyl groups excluding tert-OH is 1. The molecule has 7 heteroatoms. The Morgan fingerprint density at radius 2 is 2.31 bits per heavy atom. The Bertz CT molecular complexity index is 533. The Kier molecular flexibility index (Phi) is 2.71. The van der Waals surface area contributed by atoms with Gasteiger partial charge < -0.3 is 9.84 Å². The summed E-state index contributed by atoms with van der Waals surface area (Å²) in [6.45, 7) is -0.373. The molecule has 1 aromatic heterocycles. The van der Waals surface area contributed by atoms with E-state index < -0.39 is 29.4 Å². The van der Waals surface area contributed by atoms with Crippen LogP contribution in [0.15, 0.2) is 33.8 Å². The van der Waals surface area contributed by atoms with Crippen molar-refractivity contribution >= 4 is 0 Å². The first-order valence-corrected chi connectivity index (χ1v) is 4.57. The Hall–Kier alpha value is -1.73. The molecule has 1 aromatic rings. The van der Waals surface area contributed by atoms with Gasteiger partial charge in [-0.05, 0) is 6.08 Å². The number of hydrogen-bond acceptors (Lipinski definition) is 4. The van der Waals surface area contributed by atoms with E-state index in [0.29, 0.717) is 0 Å². The fraction of sp³-hybridized carbons (Fsp3) is 0.333. The molecule has 0 fully saturated rings. The van der Waals surface area contributed by atoms with Gasteiger partial charge in [0.2, 0.25) is 0 Å². The van der Waals surface area contributed by atoms with E-state index in [1.54, 1.807) is 0 Å². The summed E-state index contributed by atoms with van der Waals surface area (Å²) in [4.78, 5) is 24.1. The Morgan fingerprint density at radius 1 is 1.56 bits per heavy atom. The van der Waals surface area contributed by atoms with Crippen LogP contribution in [-0.2, 0) is 4.74 Å². The third kappa shape index (κ3) is 1.82. The average molecular weight is 228 g/mol. The van der Waals surface area contributed by atoms with E-state index in [1.165, 1.54) is 0 Å². The topological polar surface area (TPSA) is 84.3 Å². The third-order valence-electron chi connectivity index (χ3n) is 2.17. The first-order chi connectivity index (χ1) is 7.61. The van der Waals surface area contributed by atoms with Crippen molar-refractivity contribution in [2.75, 3.05) is 6.61 Å². The van der Waals surface area contributed by atoms with Crippen LogP contribution in [0.2, 0.25) is 0 Å². The maximum atomic E-state index is 13.4. The van der Waals surface area contributed by atoms with Crippen molar-refractivity contribution in [2.24, 2.45) is 0 Å². The van der Waals surface area contributed by atoms with Crippen LogP contribution in [0.25, 0.3) is 0 Å². The standard InChI is InChI=1S/C9H9FN2O4/c10-6-3-5(4-13)16-8(6)12-2-1-7(14)11-9(12)15/h1-3,5,8,13H,4H2,(H,11,14,15)/t5-,8-/m1/s1. The van der Waals surface area contributed by atoms with Gasteiger partial charge in [0, 0.05) is 12.3 Å². The zero-order chi connectivity index (χ0) is 11.7. The SMILES string of the molecule is O=c1ccn([C@@H]2O[C@@H](CO)C=C2F)c(=O)[nH]1. The van der Waals surface area contributed by atoms with Gasteiger partial charge >= 0.3 is 5.69 Å². The molecule has 6 nitrogen and oxygen atoms in total. The van der Waals surface area contributed by atoms with E-state index in [2.05, 4.69) is 0 Å². The highest BCUT2D eigenvalue weighted by atomic mass is 19.1. The van der Waals surface area contributed by atoms with Crippen LogP contribution in [0.4, 0.5) is 4.39 Å². The predicted molar refractivity (Wildman–Crippen MR) is 51.5 cm³/mol. The molecule has 16 heavy (non-hydrogen) atoms. The molecular formula is C9H9FN2O4. The van der Waals surface area contributed by atoms with Crippen molar-refractivity contribution in [3.63, 3.8) is 0 Å². The lowest BCUT2D eigenvalue weighted by Gasteiger charge is -2.14. The fourth-order valence-electron chi connectivity index (χ4n) is 1.44.